The van der Waals surface area contributed by atoms with Crippen molar-refractivity contribution in [1.82, 2.24) is 14.8 Å². The molecule has 1 aliphatic heterocycles. The van der Waals surface area contributed by atoms with Crippen LogP contribution >= 0.6 is 11.6 Å². The minimum absolute atomic E-state index is 0.280. The van der Waals surface area contributed by atoms with E-state index in [0.717, 1.165) is 5.56 Å². The molecule has 7 nitrogen and oxygen atoms in total. The summed E-state index contributed by atoms with van der Waals surface area (Å²) in [6, 6.07) is 3.50. The monoisotopic (exact) mass is 293 g/mol. The van der Waals surface area contributed by atoms with Gasteiger partial charge in [0.2, 0.25) is 0 Å². The summed E-state index contributed by atoms with van der Waals surface area (Å²) < 4.78 is 0. The largest absolute Gasteiger partial charge is 0.331 e. The zero-order chi connectivity index (χ0) is 14.5. The highest BCUT2D eigenvalue weighted by molar-refractivity contribution is 6.29. The molecule has 1 aromatic heterocycles. The third-order valence-corrected chi connectivity index (χ3v) is 3.04. The van der Waals surface area contributed by atoms with Gasteiger partial charge >= 0.3 is 0 Å². The zero-order valence-electron chi connectivity index (χ0n) is 10.6. The van der Waals surface area contributed by atoms with Crippen LogP contribution in [-0.2, 0) is 6.54 Å². The second-order valence-electron chi connectivity index (χ2n) is 4.17. The van der Waals surface area contributed by atoms with Crippen molar-refractivity contribution in [2.45, 2.75) is 6.54 Å². The lowest BCUT2D eigenvalue weighted by molar-refractivity contribution is -0.486. The molecule has 0 aliphatic carbocycles. The van der Waals surface area contributed by atoms with Gasteiger partial charge in [0, 0.05) is 25.8 Å². The number of nitro groups is 1. The highest BCUT2D eigenvalue weighted by Crippen LogP contribution is 2.14. The first-order valence-electron chi connectivity index (χ1n) is 5.87. The Morgan fingerprint density at radius 2 is 2.25 bits per heavy atom. The van der Waals surface area contributed by atoms with E-state index in [1.54, 1.807) is 22.1 Å². The topological polar surface area (TPSA) is 74.9 Å². The summed E-state index contributed by atoms with van der Waals surface area (Å²) >= 11 is 5.72. The molecule has 1 saturated heterocycles. The lowest BCUT2D eigenvalue weighted by Gasteiger charge is -2.18. The molecule has 0 spiro atoms. The molecular formula is C12H12ClN5O2. The van der Waals surface area contributed by atoms with Crippen molar-refractivity contribution in [2.24, 2.45) is 5.10 Å². The van der Waals surface area contributed by atoms with E-state index in [9.17, 15) is 10.1 Å². The molecule has 0 radical (unpaired) electrons. The molecule has 0 saturated carbocycles. The Kier molecular flexibility index (Phi) is 4.38. The van der Waals surface area contributed by atoms with Gasteiger partial charge in [-0.1, -0.05) is 23.6 Å². The number of hydrazone groups is 1. The van der Waals surface area contributed by atoms with E-state index < -0.39 is 5.03 Å². The number of pyridine rings is 1. The van der Waals surface area contributed by atoms with E-state index in [2.05, 4.69) is 16.0 Å². The van der Waals surface area contributed by atoms with Crippen LogP contribution in [0.5, 0.6) is 0 Å². The van der Waals surface area contributed by atoms with Gasteiger partial charge in [0.1, 0.15) is 10.3 Å². The van der Waals surface area contributed by atoms with Crippen LogP contribution in [0.15, 0.2) is 23.4 Å². The molecule has 1 fully saturated rings. The normalized spacial score (nSPS) is 16.5. The average molecular weight is 294 g/mol. The van der Waals surface area contributed by atoms with Crippen LogP contribution in [0.3, 0.4) is 0 Å². The Morgan fingerprint density at radius 3 is 2.85 bits per heavy atom. The van der Waals surface area contributed by atoms with Crippen molar-refractivity contribution in [3.8, 4) is 12.3 Å². The SMILES string of the molecule is C#CCN1CCN(Cc2ccc(Cl)nc2)/C1=N/[N+](=O)[O-]. The second-order valence-corrected chi connectivity index (χ2v) is 4.56. The summed E-state index contributed by atoms with van der Waals surface area (Å²) in [5, 5.41) is 13.7. The number of rotatable bonds is 4. The third-order valence-electron chi connectivity index (χ3n) is 2.82. The first-order chi connectivity index (χ1) is 9.60. The predicted molar refractivity (Wildman–Crippen MR) is 74.5 cm³/mol. The van der Waals surface area contributed by atoms with Crippen LogP contribution in [0.4, 0.5) is 0 Å². The number of guanidine groups is 1. The van der Waals surface area contributed by atoms with E-state index in [1.807, 2.05) is 6.07 Å². The van der Waals surface area contributed by atoms with E-state index in [1.165, 1.54) is 0 Å². The number of hydrogen-bond donors (Lipinski definition) is 0. The van der Waals surface area contributed by atoms with Crippen molar-refractivity contribution in [3.63, 3.8) is 0 Å². The van der Waals surface area contributed by atoms with E-state index in [0.29, 0.717) is 31.3 Å². The number of terminal acetylenes is 1. The molecule has 20 heavy (non-hydrogen) atoms. The van der Waals surface area contributed by atoms with Crippen molar-refractivity contribution >= 4 is 17.6 Å². The fourth-order valence-electron chi connectivity index (χ4n) is 1.97. The van der Waals surface area contributed by atoms with Crippen LogP contribution in [-0.4, -0.2) is 45.4 Å². The lowest BCUT2D eigenvalue weighted by Crippen LogP contribution is -2.34. The first-order valence-corrected chi connectivity index (χ1v) is 6.24. The molecule has 0 unspecified atom stereocenters. The van der Waals surface area contributed by atoms with Gasteiger partial charge in [-0.05, 0) is 11.6 Å². The number of aromatic nitrogens is 1. The fraction of sp³-hybridized carbons (Fsp3) is 0.333. The average Bonchev–Trinajstić information content (AvgIpc) is 2.75. The molecule has 0 amide bonds. The van der Waals surface area contributed by atoms with Gasteiger partial charge in [0.15, 0.2) is 5.03 Å². The van der Waals surface area contributed by atoms with Crippen LogP contribution in [0, 0.1) is 22.5 Å². The van der Waals surface area contributed by atoms with E-state index in [-0.39, 0.29) is 5.96 Å². The quantitative estimate of drug-likeness (QED) is 0.359. The molecule has 2 heterocycles. The Bertz CT molecular complexity index is 566. The van der Waals surface area contributed by atoms with Gasteiger partial charge in [0.25, 0.3) is 5.96 Å². The molecule has 0 aromatic carbocycles. The molecule has 0 N–H and O–H groups in total. The Morgan fingerprint density at radius 1 is 1.50 bits per heavy atom. The van der Waals surface area contributed by atoms with Crippen LogP contribution in [0.1, 0.15) is 5.56 Å². The maximum Gasteiger partial charge on any atom is 0.275 e. The number of halogens is 1. The molecule has 8 heteroatoms. The summed E-state index contributed by atoms with van der Waals surface area (Å²) in [6.07, 6.45) is 6.89. The zero-order valence-corrected chi connectivity index (χ0v) is 11.3. The summed E-state index contributed by atoms with van der Waals surface area (Å²) in [7, 11) is 0. The Hall–Kier alpha value is -2.33. The molecular weight excluding hydrogens is 282 g/mol. The Labute approximate surface area is 121 Å². The molecule has 2 rings (SSSR count). The van der Waals surface area contributed by atoms with Gasteiger partial charge in [-0.25, -0.2) is 15.1 Å². The van der Waals surface area contributed by atoms with Crippen LogP contribution < -0.4 is 0 Å². The van der Waals surface area contributed by atoms with E-state index in [4.69, 9.17) is 18.0 Å². The smallest absolute Gasteiger partial charge is 0.275 e. The molecule has 104 valence electrons. The van der Waals surface area contributed by atoms with Crippen molar-refractivity contribution in [3.05, 3.63) is 39.2 Å². The molecule has 0 bridgehead atoms. The second kappa shape index (κ2) is 6.21. The standard InChI is InChI=1S/C12H12ClN5O2/c1-2-5-16-6-7-17(12(16)15-18(19)20)9-10-3-4-11(13)14-8-10/h1,3-4,8H,5-7,9H2/b15-12+. The molecule has 1 aliphatic rings. The van der Waals surface area contributed by atoms with Gasteiger partial charge < -0.3 is 9.80 Å². The van der Waals surface area contributed by atoms with Crippen LogP contribution in [0.2, 0.25) is 5.15 Å². The Balaban J connectivity index is 2.16. The van der Waals surface area contributed by atoms with Gasteiger partial charge in [0.05, 0.1) is 6.54 Å². The number of nitrogens with zero attached hydrogens (tertiary/aromatic N) is 5. The van der Waals surface area contributed by atoms with Crippen molar-refractivity contribution < 1.29 is 5.03 Å². The van der Waals surface area contributed by atoms with Crippen LogP contribution in [0.25, 0.3) is 0 Å². The van der Waals surface area contributed by atoms with E-state index >= 15 is 0 Å². The highest BCUT2D eigenvalue weighted by Gasteiger charge is 2.29. The fourth-order valence-corrected chi connectivity index (χ4v) is 2.08. The maximum absolute atomic E-state index is 10.6. The summed E-state index contributed by atoms with van der Waals surface area (Å²) in [5.74, 6) is 2.75. The van der Waals surface area contributed by atoms with Gasteiger partial charge in [-0.3, -0.25) is 0 Å². The van der Waals surface area contributed by atoms with Crippen molar-refractivity contribution in [2.75, 3.05) is 19.6 Å². The molecule has 0 atom stereocenters. The first kappa shape index (κ1) is 14.1. The minimum atomic E-state index is -0.711. The third kappa shape index (κ3) is 3.36. The predicted octanol–water partition coefficient (Wildman–Crippen LogP) is 1.03. The van der Waals surface area contributed by atoms with Gasteiger partial charge in [-0.15, -0.1) is 6.42 Å². The summed E-state index contributed by atoms with van der Waals surface area (Å²) in [6.45, 7) is 1.99. The minimum Gasteiger partial charge on any atom is -0.331 e. The lowest BCUT2D eigenvalue weighted by atomic mass is 10.3. The maximum atomic E-state index is 10.6. The molecule has 1 aromatic rings. The highest BCUT2D eigenvalue weighted by atomic mass is 35.5. The number of hydrogen-bond acceptors (Lipinski definition) is 3. The summed E-state index contributed by atoms with van der Waals surface area (Å²) in [5.41, 5.74) is 0.896. The van der Waals surface area contributed by atoms with Gasteiger partial charge in [-0.2, -0.15) is 0 Å². The van der Waals surface area contributed by atoms with Crippen molar-refractivity contribution in [1.29, 1.82) is 0 Å². The summed E-state index contributed by atoms with van der Waals surface area (Å²) in [4.78, 5) is 18.1.